The van der Waals surface area contributed by atoms with Crippen molar-refractivity contribution >= 4 is 17.5 Å². The number of ether oxygens (including phenoxy) is 2. The van der Waals surface area contributed by atoms with Crippen LogP contribution in [0.3, 0.4) is 0 Å². The third-order valence-electron chi connectivity index (χ3n) is 3.01. The number of carbonyl (C=O) groups is 1. The highest BCUT2D eigenvalue weighted by Gasteiger charge is 2.12. The number of hydrogen-bond donors (Lipinski definition) is 1. The first-order valence-corrected chi connectivity index (χ1v) is 7.63. The van der Waals surface area contributed by atoms with Crippen molar-refractivity contribution in [2.45, 2.75) is 32.6 Å². The maximum atomic E-state index is 11.2. The van der Waals surface area contributed by atoms with Crippen molar-refractivity contribution in [2.24, 2.45) is 0 Å². The Morgan fingerprint density at radius 1 is 1.45 bits per heavy atom. The van der Waals surface area contributed by atoms with Gasteiger partial charge in [-0.1, -0.05) is 24.9 Å². The molecule has 120 valence electrons. The molecule has 0 radical (unpaired) electrons. The van der Waals surface area contributed by atoms with Crippen LogP contribution in [0.1, 0.15) is 31.7 Å². The van der Waals surface area contributed by atoms with Crippen LogP contribution in [0.5, 0.6) is 11.5 Å². The Bertz CT molecular complexity index is 541. The molecule has 5 nitrogen and oxygen atoms in total. The number of rotatable bonds is 9. The predicted molar refractivity (Wildman–Crippen MR) is 85.4 cm³/mol. The molecular weight excluding hydrogens is 304 g/mol. The average molecular weight is 325 g/mol. The highest BCUT2D eigenvalue weighted by atomic mass is 35.5. The largest absolute Gasteiger partial charge is 0.493 e. The minimum absolute atomic E-state index is 0.131. The molecule has 0 heterocycles. The molecule has 0 aliphatic carbocycles. The Morgan fingerprint density at radius 2 is 2.23 bits per heavy atom. The molecule has 0 atom stereocenters. The van der Waals surface area contributed by atoms with E-state index in [2.05, 4.69) is 12.2 Å². The molecule has 0 saturated carbocycles. The van der Waals surface area contributed by atoms with Crippen molar-refractivity contribution in [1.29, 1.82) is 5.26 Å². The molecule has 0 spiro atoms. The van der Waals surface area contributed by atoms with Crippen LogP contribution < -0.4 is 14.8 Å². The molecule has 22 heavy (non-hydrogen) atoms. The van der Waals surface area contributed by atoms with Crippen molar-refractivity contribution < 1.29 is 14.3 Å². The van der Waals surface area contributed by atoms with Crippen LogP contribution in [0.4, 0.5) is 0 Å². The molecule has 0 aliphatic heterocycles. The van der Waals surface area contributed by atoms with E-state index in [0.29, 0.717) is 36.1 Å². The molecule has 1 aromatic carbocycles. The van der Waals surface area contributed by atoms with Gasteiger partial charge in [0, 0.05) is 6.54 Å². The summed E-state index contributed by atoms with van der Waals surface area (Å²) in [5.41, 5.74) is 0.932. The number of carbonyl (C=O) groups excluding carboxylic acids is 1. The predicted octanol–water partition coefficient (Wildman–Crippen LogP) is 3.10. The van der Waals surface area contributed by atoms with E-state index < -0.39 is 0 Å². The molecule has 0 bridgehead atoms. The lowest BCUT2D eigenvalue weighted by Crippen LogP contribution is -2.24. The van der Waals surface area contributed by atoms with Crippen LogP contribution in [0.15, 0.2) is 12.1 Å². The Labute approximate surface area is 136 Å². The first-order valence-electron chi connectivity index (χ1n) is 7.25. The standard InChI is InChI=1S/C16H21ClN2O3/c1-3-4-9-22-16-13(17)10-12(11-14(16)21-2)6-8-19-15(20)5-7-18/h10-11H,3-6,8-9H2,1-2H3,(H,19,20). The molecule has 1 N–H and O–H groups in total. The third-order valence-corrected chi connectivity index (χ3v) is 3.29. The number of methoxy groups -OCH3 is 1. The number of amides is 1. The minimum Gasteiger partial charge on any atom is -0.493 e. The zero-order chi connectivity index (χ0) is 16.4. The molecule has 0 unspecified atom stereocenters. The van der Waals surface area contributed by atoms with Crippen LogP contribution in [-0.2, 0) is 11.2 Å². The normalized spacial score (nSPS) is 9.91. The molecule has 0 saturated heterocycles. The van der Waals surface area contributed by atoms with Gasteiger partial charge in [0.05, 0.1) is 24.8 Å². The van der Waals surface area contributed by atoms with Gasteiger partial charge in [0.1, 0.15) is 6.42 Å². The lowest BCUT2D eigenvalue weighted by atomic mass is 10.1. The molecule has 1 amide bonds. The number of unbranched alkanes of at least 4 members (excludes halogenated alkanes) is 1. The van der Waals surface area contributed by atoms with Gasteiger partial charge in [0.15, 0.2) is 11.5 Å². The number of nitrogens with one attached hydrogen (secondary N) is 1. The Morgan fingerprint density at radius 3 is 2.86 bits per heavy atom. The summed E-state index contributed by atoms with van der Waals surface area (Å²) in [6, 6.07) is 5.46. The molecule has 1 aromatic rings. The van der Waals surface area contributed by atoms with E-state index in [-0.39, 0.29) is 12.3 Å². The van der Waals surface area contributed by atoms with E-state index in [0.717, 1.165) is 18.4 Å². The van der Waals surface area contributed by atoms with Gasteiger partial charge in [0.25, 0.3) is 0 Å². The van der Waals surface area contributed by atoms with Gasteiger partial charge >= 0.3 is 0 Å². The van der Waals surface area contributed by atoms with E-state index >= 15 is 0 Å². The topological polar surface area (TPSA) is 71.3 Å². The van der Waals surface area contributed by atoms with Gasteiger partial charge in [-0.2, -0.15) is 5.26 Å². The van der Waals surface area contributed by atoms with Gasteiger partial charge in [-0.3, -0.25) is 4.79 Å². The van der Waals surface area contributed by atoms with Gasteiger partial charge in [-0.05, 0) is 30.5 Å². The fourth-order valence-electron chi connectivity index (χ4n) is 1.86. The summed E-state index contributed by atoms with van der Waals surface area (Å²) in [5.74, 6) is 0.858. The van der Waals surface area contributed by atoms with E-state index in [9.17, 15) is 4.79 Å². The SMILES string of the molecule is CCCCOc1c(Cl)cc(CCNC(=O)CC#N)cc1OC. The van der Waals surface area contributed by atoms with Gasteiger partial charge < -0.3 is 14.8 Å². The number of hydrogen-bond acceptors (Lipinski definition) is 4. The summed E-state index contributed by atoms with van der Waals surface area (Å²) in [4.78, 5) is 11.2. The van der Waals surface area contributed by atoms with Crippen molar-refractivity contribution in [3.8, 4) is 17.6 Å². The number of benzene rings is 1. The van der Waals surface area contributed by atoms with Crippen LogP contribution in [0, 0.1) is 11.3 Å². The quantitative estimate of drug-likeness (QED) is 0.708. The molecular formula is C16H21ClN2O3. The van der Waals surface area contributed by atoms with Crippen LogP contribution in [0.2, 0.25) is 5.02 Å². The third kappa shape index (κ3) is 5.82. The summed E-state index contributed by atoms with van der Waals surface area (Å²) in [5, 5.41) is 11.6. The Balaban J connectivity index is 2.68. The Kier molecular flexibility index (Phi) is 8.16. The highest BCUT2D eigenvalue weighted by Crippen LogP contribution is 2.36. The zero-order valence-corrected chi connectivity index (χ0v) is 13.7. The van der Waals surface area contributed by atoms with E-state index in [1.807, 2.05) is 12.1 Å². The molecule has 0 aromatic heterocycles. The number of halogens is 1. The van der Waals surface area contributed by atoms with E-state index in [1.165, 1.54) is 0 Å². The summed E-state index contributed by atoms with van der Waals surface area (Å²) in [6.07, 6.45) is 2.46. The molecule has 0 aliphatic rings. The Hall–Kier alpha value is -1.93. The summed E-state index contributed by atoms with van der Waals surface area (Å²) < 4.78 is 11.0. The number of nitriles is 1. The second-order valence-corrected chi connectivity index (χ2v) is 5.15. The molecule has 1 rings (SSSR count). The second-order valence-electron chi connectivity index (χ2n) is 4.75. The van der Waals surface area contributed by atoms with Gasteiger partial charge in [0.2, 0.25) is 5.91 Å². The van der Waals surface area contributed by atoms with Crippen molar-refractivity contribution in [2.75, 3.05) is 20.3 Å². The first-order chi connectivity index (χ1) is 10.6. The zero-order valence-electron chi connectivity index (χ0n) is 12.9. The van der Waals surface area contributed by atoms with Crippen LogP contribution in [-0.4, -0.2) is 26.2 Å². The number of nitrogens with zero attached hydrogens (tertiary/aromatic N) is 1. The maximum absolute atomic E-state index is 11.2. The van der Waals surface area contributed by atoms with Crippen molar-refractivity contribution in [3.63, 3.8) is 0 Å². The first kappa shape index (κ1) is 18.1. The van der Waals surface area contributed by atoms with E-state index in [1.54, 1.807) is 13.2 Å². The van der Waals surface area contributed by atoms with Gasteiger partial charge in [-0.25, -0.2) is 0 Å². The fraction of sp³-hybridized carbons (Fsp3) is 0.500. The monoisotopic (exact) mass is 324 g/mol. The van der Waals surface area contributed by atoms with Crippen LogP contribution >= 0.6 is 11.6 Å². The minimum atomic E-state index is -0.278. The van der Waals surface area contributed by atoms with Gasteiger partial charge in [-0.15, -0.1) is 0 Å². The second kappa shape index (κ2) is 9.91. The lowest BCUT2D eigenvalue weighted by molar-refractivity contribution is -0.120. The summed E-state index contributed by atoms with van der Waals surface area (Å²) >= 11 is 6.25. The van der Waals surface area contributed by atoms with Crippen molar-refractivity contribution in [3.05, 3.63) is 22.7 Å². The molecule has 0 fully saturated rings. The summed E-state index contributed by atoms with van der Waals surface area (Å²) in [7, 11) is 1.57. The van der Waals surface area contributed by atoms with Crippen LogP contribution in [0.25, 0.3) is 0 Å². The summed E-state index contributed by atoms with van der Waals surface area (Å²) in [6.45, 7) is 3.12. The average Bonchev–Trinajstić information content (AvgIpc) is 2.49. The lowest BCUT2D eigenvalue weighted by Gasteiger charge is -2.14. The smallest absolute Gasteiger partial charge is 0.234 e. The maximum Gasteiger partial charge on any atom is 0.234 e. The fourth-order valence-corrected chi connectivity index (χ4v) is 2.14. The molecule has 6 heteroatoms. The van der Waals surface area contributed by atoms with Crippen molar-refractivity contribution in [1.82, 2.24) is 5.32 Å². The van der Waals surface area contributed by atoms with E-state index in [4.69, 9.17) is 26.3 Å². The highest BCUT2D eigenvalue weighted by molar-refractivity contribution is 6.32.